The van der Waals surface area contributed by atoms with Crippen LogP contribution in [0.2, 0.25) is 0 Å². The molecule has 0 amide bonds. The first-order valence-corrected chi connectivity index (χ1v) is 11.2. The van der Waals surface area contributed by atoms with Gasteiger partial charge in [-0.15, -0.1) is 0 Å². The quantitative estimate of drug-likeness (QED) is 0.820. The zero-order valence-electron chi connectivity index (χ0n) is 15.5. The molecule has 1 saturated carbocycles. The van der Waals surface area contributed by atoms with Gasteiger partial charge in [-0.3, -0.25) is 9.49 Å². The topological polar surface area (TPSA) is 79.0 Å². The van der Waals surface area contributed by atoms with E-state index in [1.807, 2.05) is 0 Å². The van der Waals surface area contributed by atoms with Crippen LogP contribution in [0.25, 0.3) is 0 Å². The molecule has 152 valence electrons. The van der Waals surface area contributed by atoms with Crippen LogP contribution in [0.5, 0.6) is 0 Å². The molecule has 2 fully saturated rings. The van der Waals surface area contributed by atoms with E-state index in [-0.39, 0.29) is 23.9 Å². The lowest BCUT2D eigenvalue weighted by Crippen LogP contribution is -2.29. The highest BCUT2D eigenvalue weighted by Crippen LogP contribution is 2.36. The molecule has 1 saturated heterocycles. The molecule has 2 atom stereocenters. The first-order valence-electron chi connectivity index (χ1n) is 9.73. The fraction of sp³-hybridized carbons (Fsp3) is 0.579. The summed E-state index contributed by atoms with van der Waals surface area (Å²) in [5.74, 6) is 0.277. The van der Waals surface area contributed by atoms with Gasteiger partial charge in [0.25, 0.3) is 0 Å². The lowest BCUT2D eigenvalue weighted by Gasteiger charge is -2.18. The van der Waals surface area contributed by atoms with Crippen molar-refractivity contribution in [2.24, 2.45) is 5.92 Å². The molecule has 9 heteroatoms. The minimum atomic E-state index is -3.82. The predicted molar refractivity (Wildman–Crippen MR) is 99.6 cm³/mol. The molecule has 0 radical (unpaired) electrons. The van der Waals surface area contributed by atoms with Gasteiger partial charge in [0.2, 0.25) is 10.0 Å². The van der Waals surface area contributed by atoms with Gasteiger partial charge < -0.3 is 0 Å². The summed E-state index contributed by atoms with van der Waals surface area (Å²) in [6.45, 7) is -0.437. The Labute approximate surface area is 163 Å². The number of hydrogen-bond donors (Lipinski definition) is 1. The Bertz CT molecular complexity index is 910. The maximum absolute atomic E-state index is 13.7. The third-order valence-corrected chi connectivity index (χ3v) is 7.74. The van der Waals surface area contributed by atoms with E-state index < -0.39 is 28.4 Å². The van der Waals surface area contributed by atoms with Gasteiger partial charge >= 0.3 is 0 Å². The molecule has 28 heavy (non-hydrogen) atoms. The molecule has 4 rings (SSSR count). The molecule has 2 aliphatic rings. The largest absolute Gasteiger partial charge is 0.263 e. The van der Waals surface area contributed by atoms with Crippen molar-refractivity contribution in [1.29, 1.82) is 0 Å². The Morgan fingerprint density at radius 2 is 1.82 bits per heavy atom. The maximum Gasteiger partial charge on any atom is 0.243 e. The summed E-state index contributed by atoms with van der Waals surface area (Å²) in [6, 6.07) is 4.69. The van der Waals surface area contributed by atoms with E-state index in [1.54, 1.807) is 0 Å². The number of hydrogen-bond acceptors (Lipinski definition) is 4. The van der Waals surface area contributed by atoms with E-state index in [0.29, 0.717) is 11.7 Å². The average Bonchev–Trinajstić information content (AvgIpc) is 3.36. The van der Waals surface area contributed by atoms with Crippen molar-refractivity contribution in [1.82, 2.24) is 19.5 Å². The highest BCUT2D eigenvalue weighted by molar-refractivity contribution is 7.89. The molecule has 0 spiro atoms. The van der Waals surface area contributed by atoms with Gasteiger partial charge in [0, 0.05) is 30.8 Å². The summed E-state index contributed by atoms with van der Waals surface area (Å²) < 4.78 is 53.8. The number of aromatic amines is 1. The Balaban J connectivity index is 1.54. The van der Waals surface area contributed by atoms with Crippen molar-refractivity contribution in [2.75, 3.05) is 19.8 Å². The van der Waals surface area contributed by atoms with Crippen LogP contribution in [0.15, 0.2) is 29.2 Å². The number of nitrogens with zero attached hydrogens (tertiary/aromatic N) is 3. The van der Waals surface area contributed by atoms with Crippen molar-refractivity contribution < 1.29 is 17.2 Å². The first-order chi connectivity index (χ1) is 13.5. The lowest BCUT2D eigenvalue weighted by molar-refractivity contribution is 0.345. The van der Waals surface area contributed by atoms with E-state index in [1.165, 1.54) is 22.9 Å². The molecular formula is C19H24F2N4O2S. The molecule has 6 nitrogen and oxygen atoms in total. The predicted octanol–water partition coefficient (Wildman–Crippen LogP) is 3.37. The van der Waals surface area contributed by atoms with E-state index in [0.717, 1.165) is 43.6 Å². The van der Waals surface area contributed by atoms with E-state index >= 15 is 0 Å². The van der Waals surface area contributed by atoms with Crippen LogP contribution in [0.1, 0.15) is 55.6 Å². The third kappa shape index (κ3) is 3.69. The van der Waals surface area contributed by atoms with Gasteiger partial charge in [0.15, 0.2) is 5.82 Å². The molecule has 2 heterocycles. The van der Waals surface area contributed by atoms with Gasteiger partial charge in [-0.1, -0.05) is 19.3 Å². The Morgan fingerprint density at radius 3 is 2.50 bits per heavy atom. The highest BCUT2D eigenvalue weighted by atomic mass is 32.2. The maximum atomic E-state index is 13.7. The summed E-state index contributed by atoms with van der Waals surface area (Å²) in [7, 11) is -3.82. The summed E-state index contributed by atoms with van der Waals surface area (Å²) in [5.41, 5.74) is 0. The van der Waals surface area contributed by atoms with Crippen LogP contribution in [0.3, 0.4) is 0 Å². The Hall–Kier alpha value is -1.87. The van der Waals surface area contributed by atoms with Crippen LogP contribution in [0, 0.1) is 11.7 Å². The number of sulfonamides is 1. The molecular weight excluding hydrogens is 386 g/mol. The minimum absolute atomic E-state index is 0.00706. The molecule has 1 aromatic carbocycles. The van der Waals surface area contributed by atoms with Gasteiger partial charge in [-0.25, -0.2) is 17.8 Å². The second-order valence-corrected chi connectivity index (χ2v) is 9.65. The SMILES string of the molecule is O=S(=O)(c1ccc(F)cc1)N1C[C@@H](CF)[C@H](c2nc(C3CCCCC3)n[nH]2)C1. The molecule has 2 aromatic rings. The Morgan fingerprint density at radius 1 is 1.11 bits per heavy atom. The van der Waals surface area contributed by atoms with E-state index in [2.05, 4.69) is 15.2 Å². The second kappa shape index (κ2) is 7.87. The van der Waals surface area contributed by atoms with Gasteiger partial charge in [-0.2, -0.15) is 9.40 Å². The number of nitrogens with one attached hydrogen (secondary N) is 1. The fourth-order valence-electron chi connectivity index (χ4n) is 4.25. The monoisotopic (exact) mass is 410 g/mol. The Kier molecular flexibility index (Phi) is 5.46. The van der Waals surface area contributed by atoms with Gasteiger partial charge in [-0.05, 0) is 37.1 Å². The standard InChI is InChI=1S/C19H24F2N4O2S/c20-10-14-11-25(28(26,27)16-8-6-15(21)7-9-16)12-17(14)19-22-18(23-24-19)13-4-2-1-3-5-13/h6-9,13-14,17H,1-5,10-12H2,(H,22,23,24)/t14-,17-/m1/s1. The van der Waals surface area contributed by atoms with Gasteiger partial charge in [0.1, 0.15) is 11.6 Å². The number of aromatic nitrogens is 3. The van der Waals surface area contributed by atoms with E-state index in [9.17, 15) is 17.2 Å². The van der Waals surface area contributed by atoms with Crippen LogP contribution >= 0.6 is 0 Å². The summed E-state index contributed by atoms with van der Waals surface area (Å²) in [4.78, 5) is 4.62. The third-order valence-electron chi connectivity index (χ3n) is 5.90. The summed E-state index contributed by atoms with van der Waals surface area (Å²) in [5, 5.41) is 7.27. The summed E-state index contributed by atoms with van der Waals surface area (Å²) >= 11 is 0. The van der Waals surface area contributed by atoms with Crippen LogP contribution in [-0.4, -0.2) is 47.7 Å². The number of rotatable bonds is 5. The average molecular weight is 410 g/mol. The van der Waals surface area contributed by atoms with Crippen molar-refractivity contribution in [3.63, 3.8) is 0 Å². The number of benzene rings is 1. The van der Waals surface area contributed by atoms with Gasteiger partial charge in [0.05, 0.1) is 11.6 Å². The van der Waals surface area contributed by atoms with Crippen LogP contribution in [-0.2, 0) is 10.0 Å². The normalized spacial score (nSPS) is 24.6. The van der Waals surface area contributed by atoms with Crippen molar-refractivity contribution in [2.45, 2.75) is 48.8 Å². The molecule has 1 N–H and O–H groups in total. The van der Waals surface area contributed by atoms with Crippen LogP contribution in [0.4, 0.5) is 8.78 Å². The molecule has 1 aromatic heterocycles. The van der Waals surface area contributed by atoms with Crippen molar-refractivity contribution >= 4 is 10.0 Å². The first kappa shape index (κ1) is 19.4. The fourth-order valence-corrected chi connectivity index (χ4v) is 5.77. The molecule has 0 unspecified atom stereocenters. The zero-order valence-corrected chi connectivity index (χ0v) is 16.3. The zero-order chi connectivity index (χ0) is 19.7. The molecule has 1 aliphatic carbocycles. The number of alkyl halides is 1. The van der Waals surface area contributed by atoms with Crippen molar-refractivity contribution in [3.05, 3.63) is 41.7 Å². The lowest BCUT2D eigenvalue weighted by atomic mass is 9.89. The number of H-pyrrole nitrogens is 1. The molecule has 0 bridgehead atoms. The molecule has 1 aliphatic heterocycles. The minimum Gasteiger partial charge on any atom is -0.263 e. The summed E-state index contributed by atoms with van der Waals surface area (Å²) in [6.07, 6.45) is 5.67. The second-order valence-electron chi connectivity index (χ2n) is 7.71. The number of halogens is 2. The van der Waals surface area contributed by atoms with Crippen molar-refractivity contribution in [3.8, 4) is 0 Å². The van der Waals surface area contributed by atoms with E-state index in [4.69, 9.17) is 0 Å². The van der Waals surface area contributed by atoms with Crippen LogP contribution < -0.4 is 0 Å². The smallest absolute Gasteiger partial charge is 0.243 e. The highest BCUT2D eigenvalue weighted by Gasteiger charge is 2.41.